The van der Waals surface area contributed by atoms with Crippen molar-refractivity contribution in [1.82, 2.24) is 59.3 Å². The fourth-order valence-electron chi connectivity index (χ4n) is 13.9. The molecule has 0 unspecified atom stereocenters. The summed E-state index contributed by atoms with van der Waals surface area (Å²) in [6.45, 7) is 43.3. The number of rotatable bonds is 53. The van der Waals surface area contributed by atoms with E-state index in [1.165, 1.54) is 31.9 Å². The molecule has 0 radical (unpaired) electrons. The van der Waals surface area contributed by atoms with E-state index >= 15 is 0 Å². The summed E-state index contributed by atoms with van der Waals surface area (Å²) in [7, 11) is 0. The molecule has 6 amide bonds. The maximum Gasteiger partial charge on any atom is 0.336 e. The van der Waals surface area contributed by atoms with Gasteiger partial charge in [-0.15, -0.1) is 0 Å². The minimum absolute atomic E-state index is 0.164. The maximum atomic E-state index is 13.8. The highest BCUT2D eigenvalue weighted by Gasteiger charge is 2.27. The van der Waals surface area contributed by atoms with E-state index in [0.717, 1.165) is 158 Å². The smallest absolute Gasteiger partial charge is 0.336 e. The molecule has 8 N–H and O–H groups in total. The van der Waals surface area contributed by atoms with E-state index in [9.17, 15) is 57.5 Å². The van der Waals surface area contributed by atoms with E-state index in [1.807, 2.05) is 168 Å². The molecule has 676 valence electrons. The predicted octanol–water partition coefficient (Wildman–Crippen LogP) is 15.4. The average Bonchev–Trinajstić information content (AvgIpc) is 0.788. The molecule has 6 aromatic rings. The Labute approximate surface area is 732 Å². The number of nitrogens with zero attached hydrogens (tertiary/aromatic N) is 9. The lowest BCUT2D eigenvalue weighted by Gasteiger charge is -2.27. The minimum Gasteiger partial charge on any atom is -0.338 e. The second kappa shape index (κ2) is 54.9. The molecule has 124 heavy (non-hydrogen) atoms. The molecule has 28 nitrogen and oxygen atoms in total. The molecule has 0 bridgehead atoms. The first kappa shape index (κ1) is 105. The zero-order valence-electron chi connectivity index (χ0n) is 76.0. The third kappa shape index (κ3) is 37.3. The molecule has 28 heteroatoms. The van der Waals surface area contributed by atoms with Gasteiger partial charge in [0.15, 0.2) is 0 Å². The molecule has 0 saturated carbocycles. The molecule has 2 aromatic heterocycles. The average molecular weight is 1710 g/mol. The van der Waals surface area contributed by atoms with Gasteiger partial charge < -0.3 is 37.6 Å². The lowest BCUT2D eigenvalue weighted by atomic mass is 9.92. The zero-order valence-corrected chi connectivity index (χ0v) is 76.0. The van der Waals surface area contributed by atoms with Gasteiger partial charge in [0, 0.05) is 64.4 Å². The number of isocyanates is 3. The maximum absolute atomic E-state index is 13.8. The number of carbonyl (C=O) groups excluding carboxylic acids is 6. The van der Waals surface area contributed by atoms with Crippen LogP contribution >= 0.6 is 0 Å². The number of benzene rings is 4. The number of hydrogen-bond acceptors (Lipinski definition) is 16. The number of unbranched alkanes of at least 4 members (excludes halogenated alkanes) is 18. The van der Waals surface area contributed by atoms with Crippen LogP contribution in [0.4, 0.5) is 14.4 Å². The number of amides is 6. The molecule has 0 fully saturated rings. The van der Waals surface area contributed by atoms with Crippen LogP contribution in [0.5, 0.6) is 0 Å². The number of urea groups is 3. The van der Waals surface area contributed by atoms with Gasteiger partial charge in [-0.2, -0.15) is 0 Å². The summed E-state index contributed by atoms with van der Waals surface area (Å²) in [5, 5.41) is 18.0. The molecule has 0 aliphatic carbocycles. The van der Waals surface area contributed by atoms with Gasteiger partial charge in [-0.25, -0.2) is 99.9 Å². The highest BCUT2D eigenvalue weighted by molar-refractivity contribution is 5.76. The quantitative estimate of drug-likeness (QED) is 0.0106. The summed E-state index contributed by atoms with van der Waals surface area (Å²) in [4.78, 5) is 160. The normalized spacial score (nSPS) is 11.2. The van der Waals surface area contributed by atoms with Crippen molar-refractivity contribution in [3.63, 3.8) is 0 Å². The third-order valence-electron chi connectivity index (χ3n) is 21.6. The van der Waals surface area contributed by atoms with Crippen molar-refractivity contribution < 1.29 is 28.8 Å². The van der Waals surface area contributed by atoms with Crippen molar-refractivity contribution >= 4 is 58.6 Å². The van der Waals surface area contributed by atoms with Crippen LogP contribution < -0.4 is 71.8 Å². The zero-order chi connectivity index (χ0) is 91.8. The van der Waals surface area contributed by atoms with Crippen molar-refractivity contribution in [2.45, 2.75) is 299 Å². The third-order valence-corrected chi connectivity index (χ3v) is 21.6. The lowest BCUT2D eigenvalue weighted by Crippen LogP contribution is -2.54. The Hall–Kier alpha value is -11.4. The number of hydrogen-bond donors (Lipinski definition) is 7. The van der Waals surface area contributed by atoms with Gasteiger partial charge in [-0.05, 0) is 229 Å². The number of aliphatic imine (C=N–C) groups is 3. The van der Waals surface area contributed by atoms with Crippen LogP contribution in [-0.4, -0.2) is 103 Å². The Balaban J connectivity index is 0.000000538. The number of allylic oxidation sites excluding steroid dienone is 4. The van der Waals surface area contributed by atoms with Gasteiger partial charge in [0.2, 0.25) is 18.2 Å². The van der Waals surface area contributed by atoms with Crippen LogP contribution in [0.15, 0.2) is 167 Å². The fraction of sp³-hybridized carbons (Fsp3) is 0.542. The van der Waals surface area contributed by atoms with Crippen LogP contribution in [0.3, 0.4) is 0 Å². The predicted molar refractivity (Wildman–Crippen MR) is 499 cm³/mol. The van der Waals surface area contributed by atoms with Gasteiger partial charge in [0.05, 0.1) is 36.3 Å². The summed E-state index contributed by atoms with van der Waals surface area (Å²) < 4.78 is 6.99. The van der Waals surface area contributed by atoms with Gasteiger partial charge in [0.1, 0.15) is 0 Å². The summed E-state index contributed by atoms with van der Waals surface area (Å²) in [6.07, 6.45) is 21.3. The Morgan fingerprint density at radius 3 is 0.710 bits per heavy atom. The highest BCUT2D eigenvalue weighted by atomic mass is 16.2. The fourth-order valence-corrected chi connectivity index (χ4v) is 13.9. The first-order valence-electron chi connectivity index (χ1n) is 43.9. The summed E-state index contributed by atoms with van der Waals surface area (Å²) in [6, 6.07) is 31.3. The Kier molecular flexibility index (Phi) is 46.5. The molecule has 4 aromatic carbocycles. The van der Waals surface area contributed by atoms with Crippen LogP contribution in [-0.2, 0) is 75.8 Å². The van der Waals surface area contributed by atoms with Crippen LogP contribution in [0, 0.1) is 0 Å². The largest absolute Gasteiger partial charge is 0.338 e. The van der Waals surface area contributed by atoms with Gasteiger partial charge in [-0.1, -0.05) is 198 Å². The highest BCUT2D eigenvalue weighted by Crippen LogP contribution is 2.27. The van der Waals surface area contributed by atoms with E-state index in [2.05, 4.69) is 85.3 Å². The van der Waals surface area contributed by atoms with Crippen LogP contribution in [0.2, 0.25) is 0 Å². The Morgan fingerprint density at radius 1 is 0.315 bits per heavy atom. The molecule has 0 aliphatic rings. The van der Waals surface area contributed by atoms with Crippen molar-refractivity contribution in [2.24, 2.45) is 20.7 Å². The first-order chi connectivity index (χ1) is 58.9. The SMILES string of the molecule is C=C(C)c1cccc(C(C)(C)N)c1.C=C(C)c1cccc(C(C)(C)NC(=O)NCCCCCCn2c(=O)n(CCCCCCNC(=O)NC(C)(C)c3cccc(C(=C)C)c3)c(=O)n(CCCCCCNC(=O)NC(C)(C)c3cccc(C(=C)C)c3)c2=O)c1.O=C=NCCCCCCn1c(=O)n(CCCCCCN=C=O)c(=O)n(CCCCCCN=C=O)c1=O. The lowest BCUT2D eigenvalue weighted by molar-refractivity contribution is 0.228. The number of carbonyl (C=O) groups is 3. The molecular formula is C96H140N16O12. The second-order valence-electron chi connectivity index (χ2n) is 34.2. The van der Waals surface area contributed by atoms with Crippen molar-refractivity contribution in [2.75, 3.05) is 39.3 Å². The van der Waals surface area contributed by atoms with Gasteiger partial charge >= 0.3 is 52.2 Å². The molecular weight excluding hydrogens is 1570 g/mol. The van der Waals surface area contributed by atoms with E-state index in [4.69, 9.17) is 5.73 Å². The van der Waals surface area contributed by atoms with Crippen molar-refractivity contribution in [1.29, 1.82) is 0 Å². The van der Waals surface area contributed by atoms with E-state index in [-0.39, 0.29) is 62.9 Å². The number of aromatic nitrogens is 6. The topological polar surface area (TPSA) is 370 Å². The second-order valence-corrected chi connectivity index (χ2v) is 34.2. The Bertz CT molecular complexity index is 4530. The molecule has 0 atom stereocenters. The monoisotopic (exact) mass is 1710 g/mol. The van der Waals surface area contributed by atoms with E-state index in [1.54, 1.807) is 0 Å². The number of nitrogens with one attached hydrogen (secondary N) is 6. The standard InChI is InChI=1S/C60H87N9O6.C24H36N6O6.C12H17N/c1-43(2)46-28-25-31-49(40-46)58(7,8)64-52(70)61-34-19-13-16-22-37-67-55(73)68(38-23-17-14-20-35-62-53(71)65-59(9,10)50-32-26-29-47(41-50)44(3)4)57(75)69(56(67)74)39-24-18-15-21-36-63-54(72)66-60(11,12)51-33-27-30-48(42-51)45(5)6;31-19-25-13-7-1-4-10-16-28-22(34)29(17-11-5-2-8-14-26-20-32)24(36)30(23(28)35)18-12-6-3-9-15-27-21-33;1-9(2)10-6-5-7-11(8-10)12(3,4)13/h25-33,40-42H,1,3,5,13-24,34-39H2,2,4,6-12H3,(H2,61,64,70)(H2,62,65,71)(H2,63,66,72);1-18H2;5-8H,1,13H2,2-4H3. The molecule has 0 saturated heterocycles. The summed E-state index contributed by atoms with van der Waals surface area (Å²) in [5.74, 6) is 0. The molecule has 0 aliphatic heterocycles. The first-order valence-corrected chi connectivity index (χ1v) is 43.9. The molecule has 2 heterocycles. The van der Waals surface area contributed by atoms with Gasteiger partial charge in [-0.3, -0.25) is 0 Å². The van der Waals surface area contributed by atoms with Crippen LogP contribution in [0.1, 0.15) is 282 Å². The van der Waals surface area contributed by atoms with Crippen molar-refractivity contribution in [3.05, 3.63) is 231 Å². The molecule has 0 spiro atoms. The number of nitrogens with two attached hydrogens (primary N) is 1. The Morgan fingerprint density at radius 2 is 0.508 bits per heavy atom. The van der Waals surface area contributed by atoms with E-state index in [0.29, 0.717) is 116 Å². The minimum atomic E-state index is -0.609. The summed E-state index contributed by atoms with van der Waals surface area (Å²) >= 11 is 0. The summed E-state index contributed by atoms with van der Waals surface area (Å²) in [5.41, 5.74) is 12.5. The van der Waals surface area contributed by atoms with Gasteiger partial charge in [0.25, 0.3) is 0 Å². The molecule has 6 rings (SSSR count). The van der Waals surface area contributed by atoms with E-state index < -0.39 is 50.8 Å². The van der Waals surface area contributed by atoms with Crippen LogP contribution in [0.25, 0.3) is 22.3 Å². The van der Waals surface area contributed by atoms with Crippen molar-refractivity contribution in [3.8, 4) is 0 Å².